The van der Waals surface area contributed by atoms with E-state index < -0.39 is 16.0 Å². The van der Waals surface area contributed by atoms with Gasteiger partial charge in [-0.15, -0.1) is 0 Å². The van der Waals surface area contributed by atoms with Crippen molar-refractivity contribution < 1.29 is 0 Å². The van der Waals surface area contributed by atoms with Crippen LogP contribution in [0.15, 0.2) is 6.73 Å². The van der Waals surface area contributed by atoms with Crippen LogP contribution in [0.25, 0.3) is 20.9 Å². The van der Waals surface area contributed by atoms with Crippen LogP contribution in [0.1, 0.15) is 0 Å². The normalized spacial score (nSPS) is 16.7. The van der Waals surface area contributed by atoms with E-state index >= 15 is 0 Å². The van der Waals surface area contributed by atoms with Gasteiger partial charge in [0.25, 0.3) is 0 Å². The second kappa shape index (κ2) is 1.96. The quantitative estimate of drug-likeness (QED) is 0.318. The van der Waals surface area contributed by atoms with Crippen LogP contribution in [0.3, 0.4) is 0 Å². The maximum atomic E-state index is 8.28. The molecule has 0 spiro atoms. The number of rotatable bonds is 2. The Morgan fingerprint density at radius 1 is 0.909 bits per heavy atom. The summed E-state index contributed by atoms with van der Waals surface area (Å²) < 4.78 is 7.32. The van der Waals surface area contributed by atoms with E-state index in [9.17, 15) is 0 Å². The van der Waals surface area contributed by atoms with Crippen molar-refractivity contribution in [2.75, 3.05) is 0 Å². The standard InChI is InChI=1S/C4H12N6Te/c1-11(2,3,4,9-7-5)10-8-6/h1-4H3. The fraction of sp³-hybridized carbons (Fsp3) is 1.00. The summed E-state index contributed by atoms with van der Waals surface area (Å²) in [5.74, 6) is 0. The van der Waals surface area contributed by atoms with Crippen molar-refractivity contribution in [1.29, 1.82) is 0 Å². The Morgan fingerprint density at radius 3 is 1.36 bits per heavy atom. The Morgan fingerprint density at radius 2 is 1.18 bits per heavy atom. The molecule has 7 heteroatoms. The zero-order valence-corrected chi connectivity index (χ0v) is 9.42. The summed E-state index contributed by atoms with van der Waals surface area (Å²) in [6.45, 7) is 0. The molecule has 11 heavy (non-hydrogen) atoms. The minimum atomic E-state index is -3.99. The van der Waals surface area contributed by atoms with Gasteiger partial charge in [-0.05, 0) is 0 Å². The molecule has 0 unspecified atom stereocenters. The fourth-order valence-corrected chi connectivity index (χ4v) is 2.29. The van der Waals surface area contributed by atoms with Gasteiger partial charge in [-0.25, -0.2) is 0 Å². The number of nitrogens with zero attached hydrogens (tertiary/aromatic N) is 6. The molecule has 0 rings (SSSR count). The predicted molar refractivity (Wildman–Crippen MR) is 47.5 cm³/mol. The molecule has 0 aliphatic heterocycles. The van der Waals surface area contributed by atoms with E-state index in [-0.39, 0.29) is 0 Å². The van der Waals surface area contributed by atoms with Crippen LogP contribution in [0.4, 0.5) is 0 Å². The van der Waals surface area contributed by atoms with Gasteiger partial charge in [-0.2, -0.15) is 0 Å². The van der Waals surface area contributed by atoms with Crippen LogP contribution in [0.5, 0.6) is 0 Å². The molecule has 64 valence electrons. The van der Waals surface area contributed by atoms with Crippen molar-refractivity contribution in [3.63, 3.8) is 0 Å². The maximum absolute atomic E-state index is 8.28. The molecule has 0 saturated heterocycles. The van der Waals surface area contributed by atoms with Crippen LogP contribution in [0.2, 0.25) is 19.9 Å². The van der Waals surface area contributed by atoms with Gasteiger partial charge in [0.05, 0.1) is 0 Å². The van der Waals surface area contributed by atoms with Crippen molar-refractivity contribution in [2.45, 2.75) is 19.9 Å². The zero-order valence-electron chi connectivity index (χ0n) is 7.09. The summed E-state index contributed by atoms with van der Waals surface area (Å²) in [7, 11) is 0. The molecule has 0 aromatic rings. The van der Waals surface area contributed by atoms with E-state index in [1.807, 2.05) is 0 Å². The monoisotopic (exact) mass is 274 g/mol. The molecular formula is C4H12N6Te. The van der Waals surface area contributed by atoms with Crippen LogP contribution in [0, 0.1) is 0 Å². The van der Waals surface area contributed by atoms with E-state index in [2.05, 4.69) is 16.6 Å². The molecule has 0 radical (unpaired) electrons. The van der Waals surface area contributed by atoms with Gasteiger partial charge in [0, 0.05) is 0 Å². The van der Waals surface area contributed by atoms with Crippen molar-refractivity contribution in [3.05, 3.63) is 20.9 Å². The molecule has 0 saturated carbocycles. The fourth-order valence-electron chi connectivity index (χ4n) is 0.341. The molecule has 0 aromatic carbocycles. The summed E-state index contributed by atoms with van der Waals surface area (Å²) in [4.78, 5) is 12.4. The Labute approximate surface area is 63.7 Å². The number of hydrogen-bond donors (Lipinski definition) is 0. The second-order valence-corrected chi connectivity index (χ2v) is 28.1. The van der Waals surface area contributed by atoms with Crippen molar-refractivity contribution in [3.8, 4) is 0 Å². The summed E-state index contributed by atoms with van der Waals surface area (Å²) >= 11 is -3.99. The average molecular weight is 272 g/mol. The second-order valence-electron chi connectivity index (χ2n) is 4.33. The zero-order chi connectivity index (χ0) is 9.24. The first-order chi connectivity index (χ1) is 4.62. The number of hydrogen-bond acceptors (Lipinski definition) is 2. The topological polar surface area (TPSA) is 97.5 Å². The molecule has 0 aliphatic carbocycles. The average Bonchev–Trinajstić information content (AvgIpc) is 1.59. The van der Waals surface area contributed by atoms with Gasteiger partial charge in [0.15, 0.2) is 0 Å². The minimum absolute atomic E-state index is 1.75. The molecule has 0 heterocycles. The van der Waals surface area contributed by atoms with E-state index in [4.69, 9.17) is 11.1 Å². The molecule has 0 fully saturated rings. The van der Waals surface area contributed by atoms with Crippen LogP contribution < -0.4 is 0 Å². The molecule has 6 nitrogen and oxygen atoms in total. The summed E-state index contributed by atoms with van der Waals surface area (Å²) in [5.41, 5.74) is 16.6. The van der Waals surface area contributed by atoms with Gasteiger partial charge in [-0.1, -0.05) is 0 Å². The Hall–Kier alpha value is -0.590. The van der Waals surface area contributed by atoms with Gasteiger partial charge in [-0.3, -0.25) is 0 Å². The molecule has 0 aromatic heterocycles. The van der Waals surface area contributed by atoms with E-state index in [0.29, 0.717) is 0 Å². The van der Waals surface area contributed by atoms with E-state index in [0.717, 1.165) is 0 Å². The van der Waals surface area contributed by atoms with Crippen LogP contribution >= 0.6 is 0 Å². The Bertz CT molecular complexity index is 246. The summed E-state index contributed by atoms with van der Waals surface area (Å²) in [6.07, 6.45) is 0. The van der Waals surface area contributed by atoms with E-state index in [1.165, 1.54) is 0 Å². The van der Waals surface area contributed by atoms with Crippen molar-refractivity contribution in [2.24, 2.45) is 6.73 Å². The Kier molecular flexibility index (Phi) is 1.86. The molecule has 0 atom stereocenters. The van der Waals surface area contributed by atoms with Crippen molar-refractivity contribution in [1.82, 2.24) is 0 Å². The van der Waals surface area contributed by atoms with Crippen LogP contribution in [-0.2, 0) is 0 Å². The molecule has 0 bridgehead atoms. The van der Waals surface area contributed by atoms with Gasteiger partial charge in [0.2, 0.25) is 0 Å². The predicted octanol–water partition coefficient (Wildman–Crippen LogP) is 3.48. The first kappa shape index (κ1) is 10.4. The number of azide groups is 1. The Balaban J connectivity index is 5.54. The summed E-state index contributed by atoms with van der Waals surface area (Å²) in [6, 6.07) is 0. The third-order valence-electron chi connectivity index (χ3n) is 0.799. The third-order valence-corrected chi connectivity index (χ3v) is 5.36. The molecule has 0 amide bonds. The van der Waals surface area contributed by atoms with Gasteiger partial charge >= 0.3 is 63.5 Å². The SMILES string of the molecule is C[Te](C)(C)(C)(N=[N+]=[N-])N=[N+]=[N-]. The van der Waals surface area contributed by atoms with E-state index in [1.54, 1.807) is 19.9 Å². The molecular weight excluding hydrogens is 260 g/mol. The molecule has 0 aliphatic rings. The summed E-state index contributed by atoms with van der Waals surface area (Å²) in [5, 5.41) is 0. The first-order valence-corrected chi connectivity index (χ1v) is 14.2. The van der Waals surface area contributed by atoms with Gasteiger partial charge in [0.1, 0.15) is 0 Å². The third kappa shape index (κ3) is 3.97. The van der Waals surface area contributed by atoms with Crippen LogP contribution in [-0.4, -0.2) is 16.0 Å². The van der Waals surface area contributed by atoms with Crippen molar-refractivity contribution >= 4 is 16.0 Å². The first-order valence-electron chi connectivity index (χ1n) is 2.80. The molecule has 0 N–H and O–H groups in total. The van der Waals surface area contributed by atoms with Gasteiger partial charge < -0.3 is 0 Å².